The Balaban J connectivity index is 1.24. The molecule has 2 aliphatic heterocycles. The zero-order chi connectivity index (χ0) is 25.4. The highest BCUT2D eigenvalue weighted by molar-refractivity contribution is 7.16. The van der Waals surface area contributed by atoms with Crippen LogP contribution in [-0.4, -0.2) is 79.5 Å². The van der Waals surface area contributed by atoms with Crippen LogP contribution in [0.2, 0.25) is 0 Å². The van der Waals surface area contributed by atoms with E-state index in [1.54, 1.807) is 0 Å². The van der Waals surface area contributed by atoms with Crippen molar-refractivity contribution in [3.63, 3.8) is 0 Å². The number of carbonyl (C=O) groups excluding carboxylic acids is 2. The summed E-state index contributed by atoms with van der Waals surface area (Å²) in [5, 5.41) is 1.26. The molecule has 2 fully saturated rings. The predicted molar refractivity (Wildman–Crippen MR) is 146 cm³/mol. The molecule has 36 heavy (non-hydrogen) atoms. The predicted octanol–water partition coefficient (Wildman–Crippen LogP) is 4.76. The first-order valence-electron chi connectivity index (χ1n) is 13.7. The topological polar surface area (TPSA) is 53.1 Å². The lowest BCUT2D eigenvalue weighted by Crippen LogP contribution is -2.57. The summed E-state index contributed by atoms with van der Waals surface area (Å²) in [4.78, 5) is 34.4. The van der Waals surface area contributed by atoms with E-state index < -0.39 is 0 Å². The highest BCUT2D eigenvalue weighted by atomic mass is 32.1. The van der Waals surface area contributed by atoms with Gasteiger partial charge in [0.05, 0.1) is 16.7 Å². The van der Waals surface area contributed by atoms with E-state index in [0.29, 0.717) is 37.7 Å². The van der Waals surface area contributed by atoms with E-state index in [1.165, 1.54) is 35.6 Å². The number of fused-ring (bicyclic) bond motifs is 1. The lowest BCUT2D eigenvalue weighted by atomic mass is 9.87. The fourth-order valence-electron chi connectivity index (χ4n) is 6.39. The Hall–Kier alpha value is -1.96. The maximum atomic E-state index is 13.7. The van der Waals surface area contributed by atoms with Crippen LogP contribution in [0.1, 0.15) is 73.2 Å². The van der Waals surface area contributed by atoms with Crippen LogP contribution in [0.4, 0.5) is 5.00 Å². The van der Waals surface area contributed by atoms with Gasteiger partial charge in [-0.2, -0.15) is 0 Å². The van der Waals surface area contributed by atoms with Crippen molar-refractivity contribution in [1.82, 2.24) is 9.80 Å². The third-order valence-electron chi connectivity index (χ3n) is 8.58. The Morgan fingerprint density at radius 1 is 1.11 bits per heavy atom. The van der Waals surface area contributed by atoms with Crippen LogP contribution in [0.5, 0.6) is 0 Å². The Kier molecular flexibility index (Phi) is 7.70. The van der Waals surface area contributed by atoms with Crippen molar-refractivity contribution in [2.24, 2.45) is 0 Å². The van der Waals surface area contributed by atoms with Gasteiger partial charge >= 0.3 is 0 Å². The molecule has 0 bridgehead atoms. The number of rotatable bonds is 7. The lowest BCUT2D eigenvalue weighted by Gasteiger charge is -2.47. The van der Waals surface area contributed by atoms with Crippen LogP contribution in [0.25, 0.3) is 0 Å². The minimum atomic E-state index is 0.0984. The van der Waals surface area contributed by atoms with Gasteiger partial charge in [-0.05, 0) is 64.9 Å². The van der Waals surface area contributed by atoms with E-state index in [2.05, 4.69) is 30.7 Å². The van der Waals surface area contributed by atoms with Gasteiger partial charge in [0.2, 0.25) is 0 Å². The molecule has 0 N–H and O–H groups in total. The third-order valence-corrected chi connectivity index (χ3v) is 10.0. The second-order valence-electron chi connectivity index (χ2n) is 11.1. The molecule has 0 atom stereocenters. The maximum Gasteiger partial charge on any atom is 0.255 e. The average Bonchev–Trinajstić information content (AvgIpc) is 3.08. The summed E-state index contributed by atoms with van der Waals surface area (Å²) in [6.45, 7) is 10.3. The number of likely N-dealkylation sites (tertiary alicyclic amines) is 1. The van der Waals surface area contributed by atoms with E-state index in [0.717, 1.165) is 54.8 Å². The summed E-state index contributed by atoms with van der Waals surface area (Å²) in [7, 11) is 2.22. The van der Waals surface area contributed by atoms with Crippen molar-refractivity contribution in [2.45, 2.75) is 83.9 Å². The molecule has 0 aromatic carbocycles. The molecule has 196 valence electrons. The molecular weight excluding hydrogens is 470 g/mol. The molecule has 4 aliphatic rings. The van der Waals surface area contributed by atoms with Crippen molar-refractivity contribution < 1.29 is 14.3 Å². The number of Topliss-reactive ketones (excluding diaryl/α,β-unsaturated/α-hetero) is 1. The highest BCUT2D eigenvalue weighted by Crippen LogP contribution is 2.41. The molecule has 0 radical (unpaired) electrons. The summed E-state index contributed by atoms with van der Waals surface area (Å²) >= 11 is 1.82. The number of hydrogen-bond donors (Lipinski definition) is 0. The molecule has 1 saturated carbocycles. The summed E-state index contributed by atoms with van der Waals surface area (Å²) in [6, 6.07) is 1.22. The number of nitrogens with zero attached hydrogens (tertiary/aromatic N) is 3. The van der Waals surface area contributed by atoms with Gasteiger partial charge in [-0.25, -0.2) is 0 Å². The Bertz CT molecular complexity index is 1060. The highest BCUT2D eigenvalue weighted by Gasteiger charge is 2.37. The van der Waals surface area contributed by atoms with Gasteiger partial charge in [0.25, 0.3) is 5.91 Å². The van der Waals surface area contributed by atoms with Gasteiger partial charge in [0.1, 0.15) is 0 Å². The molecule has 7 heteroatoms. The number of thiophene rings is 1. The molecule has 3 heterocycles. The monoisotopic (exact) mass is 511 g/mol. The molecule has 5 rings (SSSR count). The summed E-state index contributed by atoms with van der Waals surface area (Å²) in [6.07, 6.45) is 11.6. The van der Waals surface area contributed by atoms with Crippen molar-refractivity contribution in [1.29, 1.82) is 0 Å². The number of amides is 1. The first-order valence-corrected chi connectivity index (χ1v) is 14.6. The van der Waals surface area contributed by atoms with Crippen LogP contribution in [0.3, 0.4) is 0 Å². The van der Waals surface area contributed by atoms with Gasteiger partial charge < -0.3 is 14.5 Å². The first kappa shape index (κ1) is 25.7. The third kappa shape index (κ3) is 5.07. The smallest absolute Gasteiger partial charge is 0.255 e. The van der Waals surface area contributed by atoms with Gasteiger partial charge in [-0.3, -0.25) is 14.5 Å². The van der Waals surface area contributed by atoms with Crippen LogP contribution in [0, 0.1) is 6.92 Å². The van der Waals surface area contributed by atoms with Crippen molar-refractivity contribution in [2.75, 3.05) is 44.7 Å². The van der Waals surface area contributed by atoms with Crippen molar-refractivity contribution >= 4 is 28.0 Å². The van der Waals surface area contributed by atoms with Gasteiger partial charge in [-0.15, -0.1) is 11.3 Å². The van der Waals surface area contributed by atoms with Crippen LogP contribution in [-0.2, 0) is 16.0 Å². The normalized spacial score (nSPS) is 25.7. The maximum absolute atomic E-state index is 13.7. The van der Waals surface area contributed by atoms with Crippen molar-refractivity contribution in [3.05, 3.63) is 39.3 Å². The molecule has 1 saturated heterocycles. The first-order chi connectivity index (χ1) is 17.4. The van der Waals surface area contributed by atoms with Gasteiger partial charge in [0, 0.05) is 68.8 Å². The molecule has 6 nitrogen and oxygen atoms in total. The molecular formula is C29H41N3O3S. The molecule has 1 aromatic heterocycles. The van der Waals surface area contributed by atoms with E-state index >= 15 is 0 Å². The van der Waals surface area contributed by atoms with Crippen LogP contribution < -0.4 is 4.90 Å². The number of anilines is 1. The largest absolute Gasteiger partial charge is 0.376 e. The second kappa shape index (κ2) is 10.8. The number of aryl methyl sites for hydroxylation is 1. The Labute approximate surface area is 220 Å². The number of hydrogen-bond acceptors (Lipinski definition) is 6. The molecule has 0 unspecified atom stereocenters. The fourth-order valence-corrected chi connectivity index (χ4v) is 7.76. The molecule has 1 aromatic rings. The van der Waals surface area contributed by atoms with Gasteiger partial charge in [-0.1, -0.05) is 17.7 Å². The Morgan fingerprint density at radius 3 is 2.56 bits per heavy atom. The number of carbonyl (C=O) groups is 2. The molecule has 2 aliphatic carbocycles. The molecule has 0 spiro atoms. The number of allylic oxidation sites excluding steroid dienone is 3. The minimum Gasteiger partial charge on any atom is -0.376 e. The van der Waals surface area contributed by atoms with Crippen LogP contribution in [0.15, 0.2) is 23.3 Å². The number of ketones is 1. The zero-order valence-corrected chi connectivity index (χ0v) is 23.2. The lowest BCUT2D eigenvalue weighted by molar-refractivity contribution is -0.115. The summed E-state index contributed by atoms with van der Waals surface area (Å²) < 4.78 is 5.74. The van der Waals surface area contributed by atoms with Gasteiger partial charge in [0.15, 0.2) is 5.78 Å². The fraction of sp³-hybridized carbons (Fsp3) is 0.655. The summed E-state index contributed by atoms with van der Waals surface area (Å²) in [5.74, 6) is 0.248. The SMILES string of the molecule is CCOC1CN(C2CCC(N(C)c3sc4c(c3C)C(=O)N(CC3=CC=C(C)CC3=O)CCC4)CC2)C1. The molecule has 1 amide bonds. The Morgan fingerprint density at radius 2 is 1.86 bits per heavy atom. The average molecular weight is 512 g/mol. The minimum absolute atomic E-state index is 0.0984. The van der Waals surface area contributed by atoms with E-state index in [4.69, 9.17) is 4.74 Å². The summed E-state index contributed by atoms with van der Waals surface area (Å²) in [5.41, 5.74) is 3.86. The van der Waals surface area contributed by atoms with E-state index in [1.807, 2.05) is 35.3 Å². The number of ether oxygens (including phenoxy) is 1. The quantitative estimate of drug-likeness (QED) is 0.528. The van der Waals surface area contributed by atoms with E-state index in [9.17, 15) is 9.59 Å². The van der Waals surface area contributed by atoms with Crippen molar-refractivity contribution in [3.8, 4) is 0 Å². The second-order valence-corrected chi connectivity index (χ2v) is 12.2. The zero-order valence-electron chi connectivity index (χ0n) is 22.3. The van der Waals surface area contributed by atoms with Crippen LogP contribution >= 0.6 is 11.3 Å². The van der Waals surface area contributed by atoms with E-state index in [-0.39, 0.29) is 11.7 Å². The standard InChI is InChI=1S/C29H41N3O3S/c1-5-35-24-17-32(18-24)23-12-10-22(11-13-23)30(4)29-20(3)27-26(36-29)7-6-14-31(28(27)34)16-21-9-8-19(2)15-25(21)33/h8-9,22-24H,5-7,10-18H2,1-4H3.